The zero-order valence-electron chi connectivity index (χ0n) is 14.3. The normalized spacial score (nSPS) is 18.4. The van der Waals surface area contributed by atoms with Crippen molar-refractivity contribution in [3.05, 3.63) is 48.0 Å². The highest BCUT2D eigenvalue weighted by Crippen LogP contribution is 2.35. The minimum atomic E-state index is -0.265. The Labute approximate surface area is 147 Å². The highest BCUT2D eigenvalue weighted by atomic mass is 16.3. The number of nitrogens with zero attached hydrogens (tertiary/aromatic N) is 3. The third-order valence-corrected chi connectivity index (χ3v) is 5.02. The lowest BCUT2D eigenvalue weighted by Gasteiger charge is -2.29. The van der Waals surface area contributed by atoms with Crippen LogP contribution in [0.15, 0.2) is 36.7 Å². The first-order chi connectivity index (χ1) is 12.2. The Kier molecular flexibility index (Phi) is 4.44. The smallest absolute Gasteiger partial charge is 0.253 e. The van der Waals surface area contributed by atoms with Gasteiger partial charge < -0.3 is 19.9 Å². The van der Waals surface area contributed by atoms with Gasteiger partial charge in [0.15, 0.2) is 0 Å². The molecule has 2 fully saturated rings. The fraction of sp³-hybridized carbons (Fsp3) is 0.474. The number of likely N-dealkylation sites (tertiary alicyclic amines) is 1. The molecular formula is C19H24N4O2. The summed E-state index contributed by atoms with van der Waals surface area (Å²) in [6, 6.07) is 8.24. The van der Waals surface area contributed by atoms with Gasteiger partial charge in [-0.25, -0.2) is 4.98 Å². The number of aromatic nitrogens is 2. The Morgan fingerprint density at radius 2 is 1.88 bits per heavy atom. The summed E-state index contributed by atoms with van der Waals surface area (Å²) in [7, 11) is 0. The first kappa shape index (κ1) is 16.1. The van der Waals surface area contributed by atoms with Crippen LogP contribution >= 0.6 is 0 Å². The molecule has 1 aliphatic heterocycles. The van der Waals surface area contributed by atoms with E-state index >= 15 is 0 Å². The van der Waals surface area contributed by atoms with E-state index in [9.17, 15) is 9.90 Å². The molecule has 0 spiro atoms. The van der Waals surface area contributed by atoms with Crippen molar-refractivity contribution < 1.29 is 9.90 Å². The molecule has 0 bridgehead atoms. The Morgan fingerprint density at radius 1 is 1.16 bits per heavy atom. The van der Waals surface area contributed by atoms with Crippen molar-refractivity contribution in [2.75, 3.05) is 18.4 Å². The molecule has 4 rings (SSSR count). The number of benzene rings is 1. The number of carbonyl (C=O) groups is 1. The summed E-state index contributed by atoms with van der Waals surface area (Å²) in [5.41, 5.74) is 1.68. The van der Waals surface area contributed by atoms with Crippen LogP contribution in [0.3, 0.4) is 0 Å². The van der Waals surface area contributed by atoms with E-state index < -0.39 is 0 Å². The van der Waals surface area contributed by atoms with Crippen molar-refractivity contribution in [3.63, 3.8) is 0 Å². The molecule has 25 heavy (non-hydrogen) atoms. The van der Waals surface area contributed by atoms with E-state index in [1.54, 1.807) is 0 Å². The summed E-state index contributed by atoms with van der Waals surface area (Å²) in [6.45, 7) is 1.94. The minimum Gasteiger partial charge on any atom is -0.393 e. The number of aliphatic hydroxyl groups is 1. The first-order valence-corrected chi connectivity index (χ1v) is 9.03. The Balaban J connectivity index is 1.35. The standard InChI is InChI=1S/C19H24N4O2/c24-17-7-10-22(11-8-17)19(25)14-1-3-15(4-2-14)21-13-18-20-9-12-23(18)16-5-6-16/h1-4,9,12,16-17,21,24H,5-8,10-11,13H2. The number of carbonyl (C=O) groups excluding carboxylic acids is 1. The van der Waals surface area contributed by atoms with E-state index in [0.717, 1.165) is 11.5 Å². The second-order valence-electron chi connectivity index (χ2n) is 6.94. The average Bonchev–Trinajstić information content (AvgIpc) is 3.38. The molecule has 2 N–H and O–H groups in total. The van der Waals surface area contributed by atoms with Gasteiger partial charge >= 0.3 is 0 Å². The average molecular weight is 340 g/mol. The van der Waals surface area contributed by atoms with Crippen LogP contribution in [0.25, 0.3) is 0 Å². The monoisotopic (exact) mass is 340 g/mol. The number of anilines is 1. The molecule has 132 valence electrons. The topological polar surface area (TPSA) is 70.4 Å². The summed E-state index contributed by atoms with van der Waals surface area (Å²) in [4.78, 5) is 18.7. The molecule has 1 saturated heterocycles. The predicted octanol–water partition coefficient (Wildman–Crippen LogP) is 2.43. The van der Waals surface area contributed by atoms with Crippen LogP contribution in [-0.2, 0) is 6.54 Å². The fourth-order valence-electron chi connectivity index (χ4n) is 3.33. The number of aliphatic hydroxyl groups excluding tert-OH is 1. The molecule has 6 nitrogen and oxygen atoms in total. The second-order valence-corrected chi connectivity index (χ2v) is 6.94. The quantitative estimate of drug-likeness (QED) is 0.877. The van der Waals surface area contributed by atoms with Gasteiger partial charge in [-0.05, 0) is 49.9 Å². The van der Waals surface area contributed by atoms with Crippen LogP contribution in [0.2, 0.25) is 0 Å². The molecule has 0 unspecified atom stereocenters. The van der Waals surface area contributed by atoms with E-state index in [2.05, 4.69) is 14.9 Å². The fourth-order valence-corrected chi connectivity index (χ4v) is 3.33. The summed E-state index contributed by atoms with van der Waals surface area (Å²) in [5, 5.41) is 12.9. The van der Waals surface area contributed by atoms with E-state index in [-0.39, 0.29) is 12.0 Å². The molecule has 2 aliphatic rings. The van der Waals surface area contributed by atoms with Crippen molar-refractivity contribution in [2.24, 2.45) is 0 Å². The molecule has 1 saturated carbocycles. The molecule has 6 heteroatoms. The van der Waals surface area contributed by atoms with Crippen molar-refractivity contribution >= 4 is 11.6 Å². The van der Waals surface area contributed by atoms with Gasteiger partial charge in [-0.15, -0.1) is 0 Å². The number of nitrogens with one attached hydrogen (secondary N) is 1. The first-order valence-electron chi connectivity index (χ1n) is 9.03. The molecule has 1 aliphatic carbocycles. The number of imidazole rings is 1. The van der Waals surface area contributed by atoms with Gasteiger partial charge in [-0.2, -0.15) is 0 Å². The van der Waals surface area contributed by atoms with Crippen LogP contribution < -0.4 is 5.32 Å². The highest BCUT2D eigenvalue weighted by molar-refractivity contribution is 5.94. The number of hydrogen-bond donors (Lipinski definition) is 2. The van der Waals surface area contributed by atoms with Crippen molar-refractivity contribution in [1.82, 2.24) is 14.5 Å². The van der Waals surface area contributed by atoms with Crippen molar-refractivity contribution in [2.45, 2.75) is 44.4 Å². The lowest BCUT2D eigenvalue weighted by molar-refractivity contribution is 0.0546. The van der Waals surface area contributed by atoms with Crippen LogP contribution in [0.1, 0.15) is 47.9 Å². The molecule has 2 heterocycles. The van der Waals surface area contributed by atoms with Gasteiger partial charge in [0.25, 0.3) is 5.91 Å². The zero-order chi connectivity index (χ0) is 17.2. The van der Waals surface area contributed by atoms with Gasteiger partial charge in [0.1, 0.15) is 5.82 Å². The number of piperidine rings is 1. The number of hydrogen-bond acceptors (Lipinski definition) is 4. The van der Waals surface area contributed by atoms with E-state index in [1.807, 2.05) is 41.6 Å². The highest BCUT2D eigenvalue weighted by Gasteiger charge is 2.25. The van der Waals surface area contributed by atoms with Gasteiger partial charge in [-0.1, -0.05) is 0 Å². The van der Waals surface area contributed by atoms with Gasteiger partial charge in [0.05, 0.1) is 12.6 Å². The summed E-state index contributed by atoms with van der Waals surface area (Å²) in [6.07, 6.45) is 7.46. The molecule has 0 radical (unpaired) electrons. The Morgan fingerprint density at radius 3 is 2.56 bits per heavy atom. The number of amides is 1. The number of rotatable bonds is 5. The van der Waals surface area contributed by atoms with E-state index in [0.29, 0.717) is 44.1 Å². The third kappa shape index (κ3) is 3.69. The second kappa shape index (κ2) is 6.88. The van der Waals surface area contributed by atoms with E-state index in [1.165, 1.54) is 12.8 Å². The Hall–Kier alpha value is -2.34. The van der Waals surface area contributed by atoms with Crippen LogP contribution in [0, 0.1) is 0 Å². The van der Waals surface area contributed by atoms with Gasteiger partial charge in [0, 0.05) is 42.8 Å². The van der Waals surface area contributed by atoms with Crippen molar-refractivity contribution in [1.29, 1.82) is 0 Å². The molecule has 1 aromatic heterocycles. The van der Waals surface area contributed by atoms with Crippen LogP contribution in [0.4, 0.5) is 5.69 Å². The maximum Gasteiger partial charge on any atom is 0.253 e. The van der Waals surface area contributed by atoms with Gasteiger partial charge in [-0.3, -0.25) is 4.79 Å². The summed E-state index contributed by atoms with van der Waals surface area (Å²) >= 11 is 0. The van der Waals surface area contributed by atoms with E-state index in [4.69, 9.17) is 0 Å². The Bertz CT molecular complexity index is 728. The van der Waals surface area contributed by atoms with Crippen LogP contribution in [0.5, 0.6) is 0 Å². The molecular weight excluding hydrogens is 316 g/mol. The third-order valence-electron chi connectivity index (χ3n) is 5.02. The molecule has 1 amide bonds. The predicted molar refractivity (Wildman–Crippen MR) is 95.4 cm³/mol. The minimum absolute atomic E-state index is 0.0442. The SMILES string of the molecule is O=C(c1ccc(NCc2nccn2C2CC2)cc1)N1CCC(O)CC1. The molecule has 0 atom stereocenters. The largest absolute Gasteiger partial charge is 0.393 e. The maximum atomic E-state index is 12.5. The van der Waals surface area contributed by atoms with Crippen molar-refractivity contribution in [3.8, 4) is 0 Å². The summed E-state index contributed by atoms with van der Waals surface area (Å²) in [5.74, 6) is 1.09. The zero-order valence-corrected chi connectivity index (χ0v) is 14.3. The molecule has 2 aromatic rings. The lowest BCUT2D eigenvalue weighted by atomic mass is 10.1. The summed E-state index contributed by atoms with van der Waals surface area (Å²) < 4.78 is 2.25. The lowest BCUT2D eigenvalue weighted by Crippen LogP contribution is -2.40. The van der Waals surface area contributed by atoms with Crippen LogP contribution in [-0.4, -0.2) is 44.7 Å². The van der Waals surface area contributed by atoms with Gasteiger partial charge in [0.2, 0.25) is 0 Å². The maximum absolute atomic E-state index is 12.5. The molecule has 1 aromatic carbocycles.